The Bertz CT molecular complexity index is 481. The molecule has 0 amide bonds. The van der Waals surface area contributed by atoms with E-state index in [-0.39, 0.29) is 24.7 Å². The van der Waals surface area contributed by atoms with Crippen molar-refractivity contribution in [2.75, 3.05) is 6.61 Å². The maximum Gasteiger partial charge on any atom is 0.307 e. The highest BCUT2D eigenvalue weighted by atomic mass is 16.6. The molecular formula is C18H27NO3. The summed E-state index contributed by atoms with van der Waals surface area (Å²) in [4.78, 5) is 14.3. The maximum absolute atomic E-state index is 12.1. The van der Waals surface area contributed by atoms with Gasteiger partial charge in [-0.25, -0.2) is 0 Å². The minimum Gasteiger partial charge on any atom is -0.460 e. The van der Waals surface area contributed by atoms with Crippen molar-refractivity contribution in [3.8, 4) is 0 Å². The second-order valence-electron chi connectivity index (χ2n) is 7.02. The molecule has 1 fully saturated rings. The van der Waals surface area contributed by atoms with Crippen LogP contribution >= 0.6 is 0 Å². The van der Waals surface area contributed by atoms with Gasteiger partial charge in [0.15, 0.2) is 0 Å². The molecule has 0 aromatic heterocycles. The van der Waals surface area contributed by atoms with E-state index in [0.29, 0.717) is 6.42 Å². The van der Waals surface area contributed by atoms with Gasteiger partial charge >= 0.3 is 5.97 Å². The van der Waals surface area contributed by atoms with E-state index in [1.807, 2.05) is 39.0 Å². The van der Waals surface area contributed by atoms with Crippen LogP contribution in [0.3, 0.4) is 0 Å². The van der Waals surface area contributed by atoms with Crippen LogP contribution in [-0.2, 0) is 16.1 Å². The first-order valence-corrected chi connectivity index (χ1v) is 8.01. The molecule has 1 aliphatic rings. The Hall–Kier alpha value is -1.39. The second-order valence-corrected chi connectivity index (χ2v) is 7.02. The van der Waals surface area contributed by atoms with Gasteiger partial charge in [-0.15, -0.1) is 0 Å². The minimum absolute atomic E-state index is 0.132. The summed E-state index contributed by atoms with van der Waals surface area (Å²) >= 11 is 0. The van der Waals surface area contributed by atoms with Crippen LogP contribution in [0.5, 0.6) is 0 Å². The summed E-state index contributed by atoms with van der Waals surface area (Å²) in [5.41, 5.74) is 0.758. The summed E-state index contributed by atoms with van der Waals surface area (Å²) in [6.07, 6.45) is 2.24. The molecule has 0 spiro atoms. The Morgan fingerprint density at radius 3 is 2.45 bits per heavy atom. The summed E-state index contributed by atoms with van der Waals surface area (Å²) in [7, 11) is 0. The zero-order chi connectivity index (χ0) is 16.2. The van der Waals surface area contributed by atoms with Gasteiger partial charge in [-0.2, -0.15) is 0 Å². The lowest BCUT2D eigenvalue weighted by molar-refractivity contribution is -0.156. The Morgan fingerprint density at radius 2 is 1.86 bits per heavy atom. The van der Waals surface area contributed by atoms with Gasteiger partial charge in [-0.1, -0.05) is 30.3 Å². The number of likely N-dealkylation sites (tertiary alicyclic amines) is 1. The third kappa shape index (κ3) is 4.82. The van der Waals surface area contributed by atoms with Crippen LogP contribution in [0.1, 0.15) is 45.6 Å². The standard InChI is InChI=1S/C18H27NO3/c1-18(2,3)22-17(21)11-15-9-10-16(13-20)19(15)12-14-7-5-4-6-8-14/h4-8,15-16,20H,9-13H2,1-3H3/t15-,16-/m1/s1. The van der Waals surface area contributed by atoms with E-state index in [1.54, 1.807) is 0 Å². The molecule has 4 nitrogen and oxygen atoms in total. The Balaban J connectivity index is 2.01. The number of nitrogens with zero attached hydrogens (tertiary/aromatic N) is 1. The van der Waals surface area contributed by atoms with Crippen LogP contribution in [-0.4, -0.2) is 40.3 Å². The number of aliphatic hydroxyl groups is 1. The second kappa shape index (κ2) is 7.25. The molecule has 4 heteroatoms. The van der Waals surface area contributed by atoms with E-state index >= 15 is 0 Å². The zero-order valence-electron chi connectivity index (χ0n) is 13.8. The number of carbonyl (C=O) groups excluding carboxylic acids is 1. The van der Waals surface area contributed by atoms with E-state index in [4.69, 9.17) is 4.74 Å². The van der Waals surface area contributed by atoms with Crippen LogP contribution < -0.4 is 0 Å². The monoisotopic (exact) mass is 305 g/mol. The molecule has 1 aromatic rings. The Kier molecular flexibility index (Phi) is 5.59. The lowest BCUT2D eigenvalue weighted by Crippen LogP contribution is -2.39. The smallest absolute Gasteiger partial charge is 0.307 e. The molecule has 0 saturated carbocycles. The molecule has 2 rings (SSSR count). The highest BCUT2D eigenvalue weighted by Gasteiger charge is 2.35. The summed E-state index contributed by atoms with van der Waals surface area (Å²) in [5.74, 6) is -0.158. The van der Waals surface area contributed by atoms with E-state index in [1.165, 1.54) is 5.56 Å². The first-order valence-electron chi connectivity index (χ1n) is 8.01. The fraction of sp³-hybridized carbons (Fsp3) is 0.611. The number of hydrogen-bond donors (Lipinski definition) is 1. The van der Waals surface area contributed by atoms with E-state index in [0.717, 1.165) is 19.4 Å². The van der Waals surface area contributed by atoms with Gasteiger partial charge < -0.3 is 9.84 Å². The average molecular weight is 305 g/mol. The molecule has 0 radical (unpaired) electrons. The van der Waals surface area contributed by atoms with Crippen molar-refractivity contribution < 1.29 is 14.6 Å². The van der Waals surface area contributed by atoms with Crippen molar-refractivity contribution in [2.24, 2.45) is 0 Å². The highest BCUT2D eigenvalue weighted by Crippen LogP contribution is 2.29. The van der Waals surface area contributed by atoms with Gasteiger partial charge in [0.05, 0.1) is 13.0 Å². The largest absolute Gasteiger partial charge is 0.460 e. The molecule has 22 heavy (non-hydrogen) atoms. The quantitative estimate of drug-likeness (QED) is 0.850. The molecule has 1 saturated heterocycles. The SMILES string of the molecule is CC(C)(C)OC(=O)C[C@H]1CC[C@H](CO)N1Cc1ccccc1. The van der Waals surface area contributed by atoms with Crippen LogP contribution in [0.4, 0.5) is 0 Å². The number of esters is 1. The average Bonchev–Trinajstić information content (AvgIpc) is 2.80. The molecule has 122 valence electrons. The lowest BCUT2D eigenvalue weighted by Gasteiger charge is -2.30. The number of rotatable bonds is 5. The van der Waals surface area contributed by atoms with Crippen LogP contribution in [0.25, 0.3) is 0 Å². The fourth-order valence-corrected chi connectivity index (χ4v) is 3.06. The van der Waals surface area contributed by atoms with Crippen molar-refractivity contribution in [3.05, 3.63) is 35.9 Å². The van der Waals surface area contributed by atoms with Crippen molar-refractivity contribution in [1.82, 2.24) is 4.90 Å². The number of aliphatic hydroxyl groups excluding tert-OH is 1. The number of ether oxygens (including phenoxy) is 1. The maximum atomic E-state index is 12.1. The predicted molar refractivity (Wildman–Crippen MR) is 86.3 cm³/mol. The molecule has 2 atom stereocenters. The Labute approximate surface area is 133 Å². The molecule has 1 aliphatic heterocycles. The molecular weight excluding hydrogens is 278 g/mol. The predicted octanol–water partition coefficient (Wildman–Crippen LogP) is 2.74. The normalized spacial score (nSPS) is 22.7. The van der Waals surface area contributed by atoms with E-state index in [2.05, 4.69) is 17.0 Å². The van der Waals surface area contributed by atoms with E-state index in [9.17, 15) is 9.90 Å². The molecule has 0 bridgehead atoms. The number of hydrogen-bond acceptors (Lipinski definition) is 4. The molecule has 1 N–H and O–H groups in total. The fourth-order valence-electron chi connectivity index (χ4n) is 3.06. The van der Waals surface area contributed by atoms with Gasteiger partial charge in [-0.3, -0.25) is 9.69 Å². The van der Waals surface area contributed by atoms with Crippen molar-refractivity contribution in [3.63, 3.8) is 0 Å². The van der Waals surface area contributed by atoms with Crippen LogP contribution in [0.2, 0.25) is 0 Å². The molecule has 0 aliphatic carbocycles. The van der Waals surface area contributed by atoms with Crippen molar-refractivity contribution in [1.29, 1.82) is 0 Å². The zero-order valence-corrected chi connectivity index (χ0v) is 13.8. The van der Waals surface area contributed by atoms with Gasteiger partial charge in [0.2, 0.25) is 0 Å². The first kappa shape index (κ1) is 17.0. The first-order chi connectivity index (χ1) is 10.4. The van der Waals surface area contributed by atoms with Crippen molar-refractivity contribution in [2.45, 2.75) is 64.3 Å². The molecule has 0 unspecified atom stereocenters. The molecule has 1 aromatic carbocycles. The Morgan fingerprint density at radius 1 is 1.23 bits per heavy atom. The van der Waals surface area contributed by atoms with Gasteiger partial charge in [0.25, 0.3) is 0 Å². The summed E-state index contributed by atoms with van der Waals surface area (Å²) in [6, 6.07) is 10.5. The van der Waals surface area contributed by atoms with Gasteiger partial charge in [0.1, 0.15) is 5.60 Å². The third-order valence-electron chi connectivity index (χ3n) is 4.01. The van der Waals surface area contributed by atoms with Crippen molar-refractivity contribution >= 4 is 5.97 Å². The molecule has 1 heterocycles. The summed E-state index contributed by atoms with van der Waals surface area (Å²) in [5, 5.41) is 9.59. The summed E-state index contributed by atoms with van der Waals surface area (Å²) in [6.45, 7) is 6.56. The topological polar surface area (TPSA) is 49.8 Å². The highest BCUT2D eigenvalue weighted by molar-refractivity contribution is 5.70. The van der Waals surface area contributed by atoms with Crippen LogP contribution in [0, 0.1) is 0 Å². The van der Waals surface area contributed by atoms with Gasteiger partial charge in [-0.05, 0) is 39.2 Å². The van der Waals surface area contributed by atoms with E-state index < -0.39 is 5.60 Å². The number of carbonyl (C=O) groups is 1. The summed E-state index contributed by atoms with van der Waals surface area (Å²) < 4.78 is 5.44. The third-order valence-corrected chi connectivity index (χ3v) is 4.01. The number of benzene rings is 1. The van der Waals surface area contributed by atoms with Crippen LogP contribution in [0.15, 0.2) is 30.3 Å². The van der Waals surface area contributed by atoms with Gasteiger partial charge in [0, 0.05) is 18.6 Å². The minimum atomic E-state index is -0.448. The lowest BCUT2D eigenvalue weighted by atomic mass is 10.1.